The van der Waals surface area contributed by atoms with Gasteiger partial charge in [0.15, 0.2) is 5.69 Å². The Morgan fingerprint density at radius 3 is 2.61 bits per heavy atom. The molecule has 2 aromatic carbocycles. The summed E-state index contributed by atoms with van der Waals surface area (Å²) in [6.45, 7) is 1.86. The van der Waals surface area contributed by atoms with Gasteiger partial charge in [-0.2, -0.15) is 4.68 Å². The molecule has 0 aliphatic rings. The van der Waals surface area contributed by atoms with Gasteiger partial charge in [0.1, 0.15) is 10.8 Å². The first kappa shape index (κ1) is 21.3. The van der Waals surface area contributed by atoms with E-state index in [9.17, 15) is 9.18 Å². The molecule has 5 rings (SSSR count). The van der Waals surface area contributed by atoms with Crippen LogP contribution in [0.1, 0.15) is 11.4 Å². The third-order valence-corrected chi connectivity index (χ3v) is 7.06. The average Bonchev–Trinajstić information content (AvgIpc) is 3.53. The molecule has 0 bridgehead atoms. The van der Waals surface area contributed by atoms with Crippen molar-refractivity contribution in [1.29, 1.82) is 0 Å². The van der Waals surface area contributed by atoms with E-state index in [-0.39, 0.29) is 11.4 Å². The van der Waals surface area contributed by atoms with E-state index in [1.54, 1.807) is 21.5 Å². The SMILES string of the molecule is Cc1c(-n2nnnc2SCc2csc(-c3ccc(F)cc3)n2)c(=O)n(-c2ccccc2)n1C. The van der Waals surface area contributed by atoms with E-state index in [4.69, 9.17) is 0 Å². The second-order valence-corrected chi connectivity index (χ2v) is 9.02. The first-order valence-electron chi connectivity index (χ1n) is 9.99. The quantitative estimate of drug-likeness (QED) is 0.342. The normalized spacial score (nSPS) is 11.2. The zero-order chi connectivity index (χ0) is 22.9. The van der Waals surface area contributed by atoms with Crippen molar-refractivity contribution in [2.45, 2.75) is 17.8 Å². The molecule has 3 heterocycles. The standard InChI is InChI=1S/C22H18FN7OS2/c1-14-19(21(31)30(28(14)2)18-6-4-3-5-7-18)29-22(25-26-27-29)33-13-17-12-32-20(24-17)15-8-10-16(23)11-9-15/h3-12H,13H2,1-2H3. The maximum Gasteiger partial charge on any atom is 0.297 e. The third kappa shape index (κ3) is 4.00. The Bertz CT molecular complexity index is 1470. The molecule has 0 atom stereocenters. The van der Waals surface area contributed by atoms with Crippen LogP contribution in [0, 0.1) is 12.7 Å². The Kier molecular flexibility index (Phi) is 5.65. The van der Waals surface area contributed by atoms with Crippen LogP contribution in [0.5, 0.6) is 0 Å². The topological polar surface area (TPSA) is 83.4 Å². The number of nitrogens with zero attached hydrogens (tertiary/aromatic N) is 7. The molecule has 8 nitrogen and oxygen atoms in total. The molecular formula is C22H18FN7OS2. The highest BCUT2D eigenvalue weighted by Gasteiger charge is 2.22. The van der Waals surface area contributed by atoms with Crippen LogP contribution in [0.4, 0.5) is 4.39 Å². The number of hydrogen-bond acceptors (Lipinski definition) is 7. The Labute approximate surface area is 196 Å². The van der Waals surface area contributed by atoms with Crippen molar-refractivity contribution in [2.24, 2.45) is 7.05 Å². The van der Waals surface area contributed by atoms with Gasteiger partial charge in [0, 0.05) is 23.7 Å². The molecule has 166 valence electrons. The van der Waals surface area contributed by atoms with Crippen LogP contribution in [-0.4, -0.2) is 34.6 Å². The largest absolute Gasteiger partial charge is 0.297 e. The number of thiazole rings is 1. The van der Waals surface area contributed by atoms with Crippen molar-refractivity contribution in [3.05, 3.63) is 87.5 Å². The van der Waals surface area contributed by atoms with Crippen LogP contribution >= 0.6 is 23.1 Å². The Morgan fingerprint density at radius 2 is 1.85 bits per heavy atom. The number of hydrogen-bond donors (Lipinski definition) is 0. The minimum absolute atomic E-state index is 0.206. The van der Waals surface area contributed by atoms with E-state index in [1.165, 1.54) is 39.9 Å². The summed E-state index contributed by atoms with van der Waals surface area (Å²) >= 11 is 2.89. The van der Waals surface area contributed by atoms with E-state index < -0.39 is 0 Å². The number of aromatic nitrogens is 7. The number of para-hydroxylation sites is 1. The monoisotopic (exact) mass is 479 g/mol. The molecule has 0 amide bonds. The Morgan fingerprint density at radius 1 is 1.09 bits per heavy atom. The zero-order valence-electron chi connectivity index (χ0n) is 17.7. The van der Waals surface area contributed by atoms with Gasteiger partial charge < -0.3 is 0 Å². The molecule has 0 saturated carbocycles. The number of tetrazole rings is 1. The lowest BCUT2D eigenvalue weighted by Gasteiger charge is -2.07. The van der Waals surface area contributed by atoms with Gasteiger partial charge in [-0.15, -0.1) is 16.4 Å². The van der Waals surface area contributed by atoms with Crippen molar-refractivity contribution in [1.82, 2.24) is 34.6 Å². The lowest BCUT2D eigenvalue weighted by Crippen LogP contribution is -2.22. The molecule has 0 aliphatic heterocycles. The second kappa shape index (κ2) is 8.75. The smallest absolute Gasteiger partial charge is 0.283 e. The molecule has 0 spiro atoms. The van der Waals surface area contributed by atoms with E-state index in [0.29, 0.717) is 16.6 Å². The van der Waals surface area contributed by atoms with Crippen molar-refractivity contribution >= 4 is 23.1 Å². The van der Waals surface area contributed by atoms with Gasteiger partial charge in [0.2, 0.25) is 5.16 Å². The van der Waals surface area contributed by atoms with Gasteiger partial charge in [-0.3, -0.25) is 9.48 Å². The van der Waals surface area contributed by atoms with Gasteiger partial charge in [0.25, 0.3) is 5.56 Å². The summed E-state index contributed by atoms with van der Waals surface area (Å²) in [6, 6.07) is 15.7. The maximum atomic E-state index is 13.3. The van der Waals surface area contributed by atoms with Crippen molar-refractivity contribution in [3.8, 4) is 21.9 Å². The predicted molar refractivity (Wildman–Crippen MR) is 126 cm³/mol. The van der Waals surface area contributed by atoms with Crippen LogP contribution in [0.2, 0.25) is 0 Å². The van der Waals surface area contributed by atoms with Crippen molar-refractivity contribution in [2.75, 3.05) is 0 Å². The molecule has 11 heteroatoms. The van der Waals surface area contributed by atoms with Gasteiger partial charge in [-0.25, -0.2) is 14.1 Å². The first-order chi connectivity index (χ1) is 16.0. The van der Waals surface area contributed by atoms with Crippen LogP contribution in [-0.2, 0) is 12.8 Å². The average molecular weight is 480 g/mol. The molecule has 33 heavy (non-hydrogen) atoms. The predicted octanol–water partition coefficient (Wildman–Crippen LogP) is 4.02. The van der Waals surface area contributed by atoms with Gasteiger partial charge >= 0.3 is 0 Å². The molecule has 0 fully saturated rings. The highest BCUT2D eigenvalue weighted by Crippen LogP contribution is 2.28. The fourth-order valence-electron chi connectivity index (χ4n) is 3.44. The van der Waals surface area contributed by atoms with Crippen molar-refractivity contribution < 1.29 is 4.39 Å². The van der Waals surface area contributed by atoms with Crippen LogP contribution in [0.3, 0.4) is 0 Å². The summed E-state index contributed by atoms with van der Waals surface area (Å²) in [7, 11) is 1.83. The molecule has 5 aromatic rings. The van der Waals surface area contributed by atoms with Gasteiger partial charge in [0.05, 0.1) is 17.1 Å². The summed E-state index contributed by atoms with van der Waals surface area (Å²) in [5, 5.41) is 15.3. The number of halogens is 1. The minimum atomic E-state index is -0.277. The van der Waals surface area contributed by atoms with Gasteiger partial charge in [-0.05, 0) is 53.7 Å². The Hall–Kier alpha value is -3.57. The Balaban J connectivity index is 1.41. The number of thioether (sulfide) groups is 1. The van der Waals surface area contributed by atoms with Crippen LogP contribution in [0.15, 0.2) is 69.9 Å². The summed E-state index contributed by atoms with van der Waals surface area (Å²) in [5.41, 5.74) is 3.42. The highest BCUT2D eigenvalue weighted by atomic mass is 32.2. The van der Waals surface area contributed by atoms with E-state index in [1.807, 2.05) is 49.7 Å². The fourth-order valence-corrected chi connectivity index (χ4v) is 5.14. The molecule has 0 radical (unpaired) electrons. The maximum absolute atomic E-state index is 13.3. The fraction of sp³-hybridized carbons (Fsp3) is 0.136. The molecule has 0 saturated heterocycles. The molecule has 3 aromatic heterocycles. The molecular weight excluding hydrogens is 461 g/mol. The number of benzene rings is 2. The summed E-state index contributed by atoms with van der Waals surface area (Å²) < 4.78 is 18.0. The first-order valence-corrected chi connectivity index (χ1v) is 11.9. The lowest BCUT2D eigenvalue weighted by molar-refractivity contribution is 0.628. The van der Waals surface area contributed by atoms with Gasteiger partial charge in [-0.1, -0.05) is 30.0 Å². The van der Waals surface area contributed by atoms with E-state index >= 15 is 0 Å². The highest BCUT2D eigenvalue weighted by molar-refractivity contribution is 7.98. The van der Waals surface area contributed by atoms with Crippen LogP contribution in [0.25, 0.3) is 21.9 Å². The lowest BCUT2D eigenvalue weighted by atomic mass is 10.2. The third-order valence-electron chi connectivity index (χ3n) is 5.17. The molecule has 0 unspecified atom stereocenters. The summed E-state index contributed by atoms with van der Waals surface area (Å²) in [6.07, 6.45) is 0. The van der Waals surface area contributed by atoms with Crippen molar-refractivity contribution in [3.63, 3.8) is 0 Å². The van der Waals surface area contributed by atoms with E-state index in [2.05, 4.69) is 20.5 Å². The van der Waals surface area contributed by atoms with E-state index in [0.717, 1.165) is 27.6 Å². The minimum Gasteiger partial charge on any atom is -0.283 e. The molecule has 0 N–H and O–H groups in total. The second-order valence-electron chi connectivity index (χ2n) is 7.22. The number of rotatable bonds is 6. The molecule has 0 aliphatic carbocycles. The summed E-state index contributed by atoms with van der Waals surface area (Å²) in [4.78, 5) is 17.9. The zero-order valence-corrected chi connectivity index (χ0v) is 19.3. The summed E-state index contributed by atoms with van der Waals surface area (Å²) in [5.74, 6) is 0.247. The van der Waals surface area contributed by atoms with Crippen LogP contribution < -0.4 is 5.56 Å².